The van der Waals surface area contributed by atoms with Gasteiger partial charge in [0.1, 0.15) is 11.6 Å². The molecule has 2 rings (SSSR count). The summed E-state index contributed by atoms with van der Waals surface area (Å²) in [5.41, 5.74) is 6.78. The summed E-state index contributed by atoms with van der Waals surface area (Å²) in [5, 5.41) is 0. The zero-order valence-electron chi connectivity index (χ0n) is 11.8. The van der Waals surface area contributed by atoms with Gasteiger partial charge in [-0.25, -0.2) is 0 Å². The van der Waals surface area contributed by atoms with Crippen molar-refractivity contribution in [1.82, 2.24) is 9.97 Å². The summed E-state index contributed by atoms with van der Waals surface area (Å²) in [6.45, 7) is 0.677. The van der Waals surface area contributed by atoms with Crippen LogP contribution in [0, 0.1) is 0 Å². The third-order valence-electron chi connectivity index (χ3n) is 2.86. The molecule has 0 fully saturated rings. The molecule has 106 valence electrons. The maximum atomic E-state index is 5.66. The minimum absolute atomic E-state index is 0.192. The first kappa shape index (κ1) is 13.9. The largest absolute Gasteiger partial charge is 0.497 e. The number of ether oxygens (including phenoxy) is 2. The van der Waals surface area contributed by atoms with Crippen LogP contribution in [0.2, 0.25) is 0 Å². The molecule has 0 radical (unpaired) electrons. The molecule has 0 aliphatic carbocycles. The zero-order valence-corrected chi connectivity index (χ0v) is 11.8. The van der Waals surface area contributed by atoms with Gasteiger partial charge in [-0.3, -0.25) is 0 Å². The molecule has 1 aromatic heterocycles. The van der Waals surface area contributed by atoms with Gasteiger partial charge in [-0.1, -0.05) is 12.1 Å². The van der Waals surface area contributed by atoms with E-state index in [9.17, 15) is 0 Å². The molecule has 2 N–H and O–H groups in total. The molecule has 1 heterocycles. The fourth-order valence-electron chi connectivity index (χ4n) is 1.86. The smallest absolute Gasteiger partial charge is 0.225 e. The van der Waals surface area contributed by atoms with Gasteiger partial charge in [-0.15, -0.1) is 0 Å². The maximum Gasteiger partial charge on any atom is 0.225 e. The SMILES string of the molecule is COc1cccc(CN(C)c2cc(OC)nc(N)n2)c1. The summed E-state index contributed by atoms with van der Waals surface area (Å²) in [6, 6.07) is 9.63. The van der Waals surface area contributed by atoms with Crippen LogP contribution in [0.25, 0.3) is 0 Å². The van der Waals surface area contributed by atoms with Gasteiger partial charge in [0, 0.05) is 19.7 Å². The fourth-order valence-corrected chi connectivity index (χ4v) is 1.86. The Labute approximate surface area is 118 Å². The van der Waals surface area contributed by atoms with Crippen LogP contribution in [0.1, 0.15) is 5.56 Å². The molecule has 0 saturated carbocycles. The van der Waals surface area contributed by atoms with Crippen molar-refractivity contribution >= 4 is 11.8 Å². The van der Waals surface area contributed by atoms with Gasteiger partial charge in [0.15, 0.2) is 0 Å². The lowest BCUT2D eigenvalue weighted by molar-refractivity contribution is 0.397. The van der Waals surface area contributed by atoms with E-state index in [1.54, 1.807) is 20.3 Å². The van der Waals surface area contributed by atoms with E-state index >= 15 is 0 Å². The molecule has 0 spiro atoms. The van der Waals surface area contributed by atoms with Crippen LogP contribution < -0.4 is 20.1 Å². The molecule has 0 atom stereocenters. The van der Waals surface area contributed by atoms with Crippen LogP contribution in [-0.4, -0.2) is 31.2 Å². The summed E-state index contributed by atoms with van der Waals surface area (Å²) in [5.74, 6) is 2.18. The second-order valence-corrected chi connectivity index (χ2v) is 4.33. The van der Waals surface area contributed by atoms with E-state index in [-0.39, 0.29) is 5.95 Å². The molecule has 1 aromatic carbocycles. The van der Waals surface area contributed by atoms with Gasteiger partial charge in [0.25, 0.3) is 0 Å². The van der Waals surface area contributed by atoms with Crippen molar-refractivity contribution in [2.24, 2.45) is 0 Å². The van der Waals surface area contributed by atoms with Gasteiger partial charge < -0.3 is 20.1 Å². The van der Waals surface area contributed by atoms with Crippen molar-refractivity contribution < 1.29 is 9.47 Å². The van der Waals surface area contributed by atoms with Crippen LogP contribution >= 0.6 is 0 Å². The Morgan fingerprint density at radius 3 is 2.65 bits per heavy atom. The Hall–Kier alpha value is -2.50. The molecule has 0 saturated heterocycles. The molecule has 0 amide bonds. The minimum Gasteiger partial charge on any atom is -0.497 e. The Morgan fingerprint density at radius 1 is 1.15 bits per heavy atom. The molecule has 6 heteroatoms. The van der Waals surface area contributed by atoms with E-state index in [0.29, 0.717) is 18.2 Å². The third-order valence-corrected chi connectivity index (χ3v) is 2.86. The van der Waals surface area contributed by atoms with Crippen LogP contribution in [0.3, 0.4) is 0 Å². The molecular formula is C14H18N4O2. The van der Waals surface area contributed by atoms with E-state index in [1.165, 1.54) is 0 Å². The first-order valence-electron chi connectivity index (χ1n) is 6.15. The Kier molecular flexibility index (Phi) is 4.24. The van der Waals surface area contributed by atoms with Gasteiger partial charge >= 0.3 is 0 Å². The predicted octanol–water partition coefficient (Wildman–Crippen LogP) is 1.71. The average Bonchev–Trinajstić information content (AvgIpc) is 2.46. The molecular weight excluding hydrogens is 256 g/mol. The van der Waals surface area contributed by atoms with Crippen molar-refractivity contribution in [3.05, 3.63) is 35.9 Å². The highest BCUT2D eigenvalue weighted by molar-refractivity contribution is 5.45. The summed E-state index contributed by atoms with van der Waals surface area (Å²) in [4.78, 5) is 10.1. The summed E-state index contributed by atoms with van der Waals surface area (Å²) < 4.78 is 10.3. The predicted molar refractivity (Wildman–Crippen MR) is 78.1 cm³/mol. The number of nitrogen functional groups attached to an aromatic ring is 1. The van der Waals surface area contributed by atoms with Crippen LogP contribution in [-0.2, 0) is 6.54 Å². The van der Waals surface area contributed by atoms with E-state index in [1.807, 2.05) is 36.2 Å². The summed E-state index contributed by atoms with van der Waals surface area (Å²) in [6.07, 6.45) is 0. The van der Waals surface area contributed by atoms with E-state index in [2.05, 4.69) is 9.97 Å². The highest BCUT2D eigenvalue weighted by Gasteiger charge is 2.08. The molecule has 20 heavy (non-hydrogen) atoms. The number of hydrogen-bond acceptors (Lipinski definition) is 6. The summed E-state index contributed by atoms with van der Waals surface area (Å²) in [7, 11) is 5.13. The zero-order chi connectivity index (χ0) is 14.5. The number of benzene rings is 1. The van der Waals surface area contributed by atoms with Crippen molar-refractivity contribution in [2.45, 2.75) is 6.54 Å². The molecule has 2 aromatic rings. The lowest BCUT2D eigenvalue weighted by Crippen LogP contribution is -2.18. The minimum atomic E-state index is 0.192. The Bertz CT molecular complexity index is 589. The first-order chi connectivity index (χ1) is 9.62. The summed E-state index contributed by atoms with van der Waals surface area (Å²) >= 11 is 0. The topological polar surface area (TPSA) is 73.5 Å². The monoisotopic (exact) mass is 274 g/mol. The number of nitrogens with two attached hydrogens (primary N) is 1. The molecule has 0 aliphatic heterocycles. The molecule has 6 nitrogen and oxygen atoms in total. The Balaban J connectivity index is 2.18. The quantitative estimate of drug-likeness (QED) is 0.894. The van der Waals surface area contributed by atoms with Crippen molar-refractivity contribution in [3.8, 4) is 11.6 Å². The maximum absolute atomic E-state index is 5.66. The second-order valence-electron chi connectivity index (χ2n) is 4.33. The van der Waals surface area contributed by atoms with Crippen LogP contribution in [0.15, 0.2) is 30.3 Å². The molecule has 0 bridgehead atoms. The number of rotatable bonds is 5. The standard InChI is InChI=1S/C14H18N4O2/c1-18(9-10-5-4-6-11(7-10)19-2)12-8-13(20-3)17-14(15)16-12/h4-8H,9H2,1-3H3,(H2,15,16,17). The normalized spacial score (nSPS) is 10.2. The van der Waals surface area contributed by atoms with Crippen molar-refractivity contribution in [1.29, 1.82) is 0 Å². The molecule has 0 unspecified atom stereocenters. The van der Waals surface area contributed by atoms with Crippen LogP contribution in [0.5, 0.6) is 11.6 Å². The van der Waals surface area contributed by atoms with E-state index < -0.39 is 0 Å². The fraction of sp³-hybridized carbons (Fsp3) is 0.286. The van der Waals surface area contributed by atoms with Crippen molar-refractivity contribution in [3.63, 3.8) is 0 Å². The van der Waals surface area contributed by atoms with Gasteiger partial charge in [-0.05, 0) is 17.7 Å². The highest BCUT2D eigenvalue weighted by atomic mass is 16.5. The van der Waals surface area contributed by atoms with Crippen LogP contribution in [0.4, 0.5) is 11.8 Å². The van der Waals surface area contributed by atoms with E-state index in [4.69, 9.17) is 15.2 Å². The molecule has 0 aliphatic rings. The number of nitrogens with zero attached hydrogens (tertiary/aromatic N) is 3. The van der Waals surface area contributed by atoms with Gasteiger partial charge in [0.05, 0.1) is 14.2 Å². The van der Waals surface area contributed by atoms with Gasteiger partial charge in [0.2, 0.25) is 11.8 Å². The number of methoxy groups -OCH3 is 2. The Morgan fingerprint density at radius 2 is 1.95 bits per heavy atom. The van der Waals surface area contributed by atoms with Crippen molar-refractivity contribution in [2.75, 3.05) is 31.9 Å². The van der Waals surface area contributed by atoms with Gasteiger partial charge in [-0.2, -0.15) is 9.97 Å². The van der Waals surface area contributed by atoms with E-state index in [0.717, 1.165) is 11.3 Å². The number of anilines is 2. The second kappa shape index (κ2) is 6.10. The average molecular weight is 274 g/mol. The number of hydrogen-bond donors (Lipinski definition) is 1. The lowest BCUT2D eigenvalue weighted by Gasteiger charge is -2.19. The third kappa shape index (κ3) is 3.28. The highest BCUT2D eigenvalue weighted by Crippen LogP contribution is 2.20. The lowest BCUT2D eigenvalue weighted by atomic mass is 10.2. The number of aromatic nitrogens is 2. The first-order valence-corrected chi connectivity index (χ1v) is 6.15.